The Morgan fingerprint density at radius 1 is 1.12 bits per heavy atom. The van der Waals surface area contributed by atoms with Crippen LogP contribution >= 0.6 is 15.9 Å². The number of carbonyl (C=O) groups is 2. The predicted octanol–water partition coefficient (Wildman–Crippen LogP) is 4.50. The Balaban J connectivity index is 1.41. The average molecular weight is 539 g/mol. The number of H-pyrrole nitrogens is 1. The van der Waals surface area contributed by atoms with Crippen LogP contribution in [0.15, 0.2) is 46.9 Å². The van der Waals surface area contributed by atoms with Crippen LogP contribution < -0.4 is 10.2 Å². The number of nitrogens with zero attached hydrogens (tertiary/aromatic N) is 2. The van der Waals surface area contributed by atoms with E-state index < -0.39 is 17.7 Å². The van der Waals surface area contributed by atoms with Crippen LogP contribution in [0.5, 0.6) is 0 Å². The molecule has 34 heavy (non-hydrogen) atoms. The van der Waals surface area contributed by atoms with Gasteiger partial charge in [-0.15, -0.1) is 0 Å². The topological polar surface area (TPSA) is 77.7 Å². The number of aromatic nitrogens is 1. The highest BCUT2D eigenvalue weighted by atomic mass is 79.9. The van der Waals surface area contributed by atoms with Crippen molar-refractivity contribution >= 4 is 50.1 Å². The minimum atomic E-state index is -4.39. The quantitative estimate of drug-likeness (QED) is 0.468. The van der Waals surface area contributed by atoms with Gasteiger partial charge in [-0.25, -0.2) is 4.79 Å². The Kier molecular flexibility index (Phi) is 6.85. The van der Waals surface area contributed by atoms with Crippen LogP contribution in [0.1, 0.15) is 16.1 Å². The van der Waals surface area contributed by atoms with Crippen LogP contribution in [0, 0.1) is 0 Å². The Hall–Kier alpha value is -3.05. The van der Waals surface area contributed by atoms with E-state index >= 15 is 0 Å². The van der Waals surface area contributed by atoms with E-state index in [0.717, 1.165) is 16.6 Å². The lowest BCUT2D eigenvalue weighted by atomic mass is 10.1. The average Bonchev–Trinajstić information content (AvgIpc) is 3.16. The summed E-state index contributed by atoms with van der Waals surface area (Å²) < 4.78 is 44.7. The molecular formula is C23H22BrF3N4O3. The summed E-state index contributed by atoms with van der Waals surface area (Å²) in [4.78, 5) is 31.8. The van der Waals surface area contributed by atoms with Gasteiger partial charge in [0.25, 0.3) is 0 Å². The van der Waals surface area contributed by atoms with Crippen LogP contribution in [0.3, 0.4) is 0 Å². The summed E-state index contributed by atoms with van der Waals surface area (Å²) >= 11 is 3.40. The summed E-state index contributed by atoms with van der Waals surface area (Å²) in [5, 5.41) is 3.48. The second-order valence-electron chi connectivity index (χ2n) is 7.92. The van der Waals surface area contributed by atoms with Crippen molar-refractivity contribution in [2.75, 3.05) is 50.1 Å². The molecule has 0 saturated carbocycles. The van der Waals surface area contributed by atoms with E-state index in [2.05, 4.69) is 26.2 Å². The lowest BCUT2D eigenvalue weighted by Gasteiger charge is -2.36. The summed E-state index contributed by atoms with van der Waals surface area (Å²) in [5.74, 6) is -0.907. The molecule has 0 atom stereocenters. The maximum Gasteiger partial charge on any atom is 0.416 e. The Morgan fingerprint density at radius 3 is 2.53 bits per heavy atom. The number of halogens is 4. The van der Waals surface area contributed by atoms with Crippen LogP contribution in [-0.4, -0.2) is 61.6 Å². The number of methoxy groups -OCH3 is 1. The molecule has 1 amide bonds. The van der Waals surface area contributed by atoms with E-state index in [0.29, 0.717) is 48.5 Å². The molecule has 180 valence electrons. The first kappa shape index (κ1) is 24.1. The van der Waals surface area contributed by atoms with Gasteiger partial charge in [-0.2, -0.15) is 13.2 Å². The van der Waals surface area contributed by atoms with Gasteiger partial charge in [0.15, 0.2) is 0 Å². The molecule has 4 rings (SSSR count). The number of benzene rings is 2. The molecule has 0 spiro atoms. The standard InChI is InChI=1S/C23H22BrF3N4O3/c1-34-22(33)21-20(17-12-15(24)5-6-18(17)28-21)29-19(32)13-30-7-9-31(10-8-30)16-4-2-3-14(11-16)23(25,26)27/h2-6,11-12,28H,7-10,13H2,1H3,(H,29,32). The summed E-state index contributed by atoms with van der Waals surface area (Å²) in [5.41, 5.74) is 0.993. The molecule has 2 heterocycles. The number of ether oxygens (including phenoxy) is 1. The molecule has 1 aliphatic rings. The van der Waals surface area contributed by atoms with E-state index in [1.165, 1.54) is 13.2 Å². The van der Waals surface area contributed by atoms with Crippen molar-refractivity contribution in [2.45, 2.75) is 6.18 Å². The molecule has 3 aromatic rings. The summed E-state index contributed by atoms with van der Waals surface area (Å²) in [6.45, 7) is 2.07. The molecule has 11 heteroatoms. The largest absolute Gasteiger partial charge is 0.464 e. The molecule has 1 aliphatic heterocycles. The van der Waals surface area contributed by atoms with Crippen LogP contribution in [0.2, 0.25) is 0 Å². The van der Waals surface area contributed by atoms with Crippen molar-refractivity contribution in [2.24, 2.45) is 0 Å². The molecule has 2 aromatic carbocycles. The van der Waals surface area contributed by atoms with E-state index in [1.807, 2.05) is 15.9 Å². The van der Waals surface area contributed by atoms with Gasteiger partial charge in [0.1, 0.15) is 5.69 Å². The van der Waals surface area contributed by atoms with E-state index in [4.69, 9.17) is 4.74 Å². The third-order valence-electron chi connectivity index (χ3n) is 5.69. The summed E-state index contributed by atoms with van der Waals surface area (Å²) in [7, 11) is 1.26. The first-order valence-electron chi connectivity index (χ1n) is 10.5. The lowest BCUT2D eigenvalue weighted by molar-refractivity contribution is -0.137. The van der Waals surface area contributed by atoms with Crippen molar-refractivity contribution in [3.8, 4) is 0 Å². The lowest BCUT2D eigenvalue weighted by Crippen LogP contribution is -2.48. The molecular weight excluding hydrogens is 517 g/mol. The zero-order valence-corrected chi connectivity index (χ0v) is 19.8. The molecule has 1 fully saturated rings. The van der Waals surface area contributed by atoms with Crippen LogP contribution in [-0.2, 0) is 15.7 Å². The van der Waals surface area contributed by atoms with Crippen LogP contribution in [0.25, 0.3) is 10.9 Å². The second-order valence-corrected chi connectivity index (χ2v) is 8.83. The minimum Gasteiger partial charge on any atom is -0.464 e. The van der Waals surface area contributed by atoms with Gasteiger partial charge in [-0.1, -0.05) is 22.0 Å². The third kappa shape index (κ3) is 5.20. The number of amides is 1. The van der Waals surface area contributed by atoms with E-state index in [9.17, 15) is 22.8 Å². The van der Waals surface area contributed by atoms with Gasteiger partial charge in [0.2, 0.25) is 5.91 Å². The summed E-state index contributed by atoms with van der Waals surface area (Å²) in [6, 6.07) is 10.6. The fourth-order valence-electron chi connectivity index (χ4n) is 3.97. The molecule has 0 bridgehead atoms. The Bertz CT molecular complexity index is 1220. The van der Waals surface area contributed by atoms with E-state index in [1.54, 1.807) is 18.2 Å². The number of fused-ring (bicyclic) bond motifs is 1. The summed E-state index contributed by atoms with van der Waals surface area (Å²) in [6.07, 6.45) is -4.39. The zero-order valence-electron chi connectivity index (χ0n) is 18.2. The first-order chi connectivity index (χ1) is 16.2. The fraction of sp³-hybridized carbons (Fsp3) is 0.304. The second kappa shape index (κ2) is 9.67. The van der Waals surface area contributed by atoms with Gasteiger partial charge in [-0.3, -0.25) is 9.69 Å². The highest BCUT2D eigenvalue weighted by molar-refractivity contribution is 9.10. The SMILES string of the molecule is COC(=O)c1[nH]c2ccc(Br)cc2c1NC(=O)CN1CCN(c2cccc(C(F)(F)F)c2)CC1. The normalized spacial score (nSPS) is 14.9. The molecule has 0 aliphatic carbocycles. The number of anilines is 2. The van der Waals surface area contributed by atoms with Gasteiger partial charge in [0.05, 0.1) is 24.9 Å². The molecule has 1 aromatic heterocycles. The van der Waals surface area contributed by atoms with Crippen molar-refractivity contribution in [3.63, 3.8) is 0 Å². The highest BCUT2D eigenvalue weighted by Crippen LogP contribution is 2.32. The number of carbonyl (C=O) groups excluding carboxylic acids is 2. The zero-order chi connectivity index (χ0) is 24.5. The van der Waals surface area contributed by atoms with Crippen molar-refractivity contribution in [1.29, 1.82) is 0 Å². The third-order valence-corrected chi connectivity index (χ3v) is 6.19. The minimum absolute atomic E-state index is 0.0811. The Labute approximate surface area is 202 Å². The number of hydrogen-bond donors (Lipinski definition) is 2. The van der Waals surface area contributed by atoms with Gasteiger partial charge in [-0.05, 0) is 36.4 Å². The van der Waals surface area contributed by atoms with E-state index in [-0.39, 0.29) is 18.1 Å². The number of piperazine rings is 1. The highest BCUT2D eigenvalue weighted by Gasteiger charge is 2.31. The molecule has 0 unspecified atom stereocenters. The van der Waals surface area contributed by atoms with Crippen molar-refractivity contribution < 1.29 is 27.5 Å². The molecule has 0 radical (unpaired) electrons. The van der Waals surface area contributed by atoms with Crippen molar-refractivity contribution in [3.05, 3.63) is 58.2 Å². The van der Waals surface area contributed by atoms with Crippen molar-refractivity contribution in [1.82, 2.24) is 9.88 Å². The first-order valence-corrected chi connectivity index (χ1v) is 11.3. The molecule has 1 saturated heterocycles. The van der Waals surface area contributed by atoms with Gasteiger partial charge < -0.3 is 19.9 Å². The number of aromatic amines is 1. The van der Waals surface area contributed by atoms with Gasteiger partial charge >= 0.3 is 12.1 Å². The number of esters is 1. The predicted molar refractivity (Wildman–Crippen MR) is 126 cm³/mol. The molecule has 2 N–H and O–H groups in total. The van der Waals surface area contributed by atoms with Crippen LogP contribution in [0.4, 0.5) is 24.5 Å². The maximum absolute atomic E-state index is 13.0. The molecule has 7 nitrogen and oxygen atoms in total. The fourth-order valence-corrected chi connectivity index (χ4v) is 4.34. The smallest absolute Gasteiger partial charge is 0.416 e. The monoisotopic (exact) mass is 538 g/mol. The number of nitrogens with one attached hydrogen (secondary N) is 2. The number of hydrogen-bond acceptors (Lipinski definition) is 5. The van der Waals surface area contributed by atoms with Gasteiger partial charge in [0, 0.05) is 47.2 Å². The number of rotatable bonds is 5. The number of alkyl halides is 3. The maximum atomic E-state index is 13.0. The Morgan fingerprint density at radius 2 is 1.85 bits per heavy atom.